The Morgan fingerprint density at radius 1 is 1.32 bits per heavy atom. The smallest absolute Gasteiger partial charge is 0.234 e. The van der Waals surface area contributed by atoms with Crippen molar-refractivity contribution < 1.29 is 4.79 Å². The van der Waals surface area contributed by atoms with Crippen molar-refractivity contribution >= 4 is 39.3 Å². The van der Waals surface area contributed by atoms with Gasteiger partial charge in [-0.1, -0.05) is 28.1 Å². The van der Waals surface area contributed by atoms with E-state index in [1.807, 2.05) is 43.3 Å². The van der Waals surface area contributed by atoms with Gasteiger partial charge in [0.15, 0.2) is 0 Å². The maximum Gasteiger partial charge on any atom is 0.234 e. The lowest BCUT2D eigenvalue weighted by atomic mass is 10.2. The standard InChI is InChI=1S/C17H15BrN2OS/c1-12-7-15(5-6-16(12)18)20-17(21)11-22-10-14-4-2-3-13(8-14)9-19/h2-8H,10-11H2,1H3,(H,20,21). The van der Waals surface area contributed by atoms with Crippen LogP contribution < -0.4 is 5.32 Å². The van der Waals surface area contributed by atoms with E-state index in [0.717, 1.165) is 21.3 Å². The maximum absolute atomic E-state index is 11.9. The molecule has 0 bridgehead atoms. The highest BCUT2D eigenvalue weighted by molar-refractivity contribution is 9.10. The molecule has 0 heterocycles. The van der Waals surface area contributed by atoms with E-state index >= 15 is 0 Å². The van der Waals surface area contributed by atoms with Gasteiger partial charge in [0.2, 0.25) is 5.91 Å². The first-order chi connectivity index (χ1) is 10.6. The Balaban J connectivity index is 1.82. The summed E-state index contributed by atoms with van der Waals surface area (Å²) in [7, 11) is 0. The third-order valence-electron chi connectivity index (χ3n) is 3.00. The van der Waals surface area contributed by atoms with Gasteiger partial charge in [-0.3, -0.25) is 4.79 Å². The van der Waals surface area contributed by atoms with E-state index in [9.17, 15) is 4.79 Å². The van der Waals surface area contributed by atoms with E-state index in [4.69, 9.17) is 5.26 Å². The molecular formula is C17H15BrN2OS. The molecule has 2 aromatic rings. The van der Waals surface area contributed by atoms with Gasteiger partial charge in [-0.2, -0.15) is 5.26 Å². The van der Waals surface area contributed by atoms with Crippen molar-refractivity contribution in [3.8, 4) is 6.07 Å². The summed E-state index contributed by atoms with van der Waals surface area (Å²) in [5.41, 5.74) is 3.58. The van der Waals surface area contributed by atoms with E-state index in [1.165, 1.54) is 11.8 Å². The molecule has 0 unspecified atom stereocenters. The minimum Gasteiger partial charge on any atom is -0.325 e. The van der Waals surface area contributed by atoms with Crippen LogP contribution in [0.1, 0.15) is 16.7 Å². The molecule has 0 saturated carbocycles. The van der Waals surface area contributed by atoms with Gasteiger partial charge >= 0.3 is 0 Å². The average molecular weight is 375 g/mol. The molecule has 0 aliphatic heterocycles. The summed E-state index contributed by atoms with van der Waals surface area (Å²) in [5.74, 6) is 1.07. The molecule has 1 amide bonds. The highest BCUT2D eigenvalue weighted by Crippen LogP contribution is 2.20. The second kappa shape index (κ2) is 8.02. The molecule has 0 spiro atoms. The fraction of sp³-hybridized carbons (Fsp3) is 0.176. The first kappa shape index (κ1) is 16.6. The summed E-state index contributed by atoms with van der Waals surface area (Å²) >= 11 is 4.96. The Morgan fingerprint density at radius 2 is 2.14 bits per heavy atom. The molecule has 0 fully saturated rings. The third-order valence-corrected chi connectivity index (χ3v) is 4.89. The maximum atomic E-state index is 11.9. The van der Waals surface area contributed by atoms with E-state index in [1.54, 1.807) is 6.07 Å². The molecule has 1 N–H and O–H groups in total. The first-order valence-corrected chi connectivity index (χ1v) is 8.66. The normalized spacial score (nSPS) is 10.0. The highest BCUT2D eigenvalue weighted by Gasteiger charge is 2.05. The molecule has 0 aliphatic rings. The SMILES string of the molecule is Cc1cc(NC(=O)CSCc2cccc(C#N)c2)ccc1Br. The van der Waals surface area contributed by atoms with Crippen LogP contribution in [0.2, 0.25) is 0 Å². The zero-order valence-corrected chi connectivity index (χ0v) is 14.5. The van der Waals surface area contributed by atoms with Crippen molar-refractivity contribution in [2.24, 2.45) is 0 Å². The molecule has 2 rings (SSSR count). The molecular weight excluding hydrogens is 360 g/mol. The highest BCUT2D eigenvalue weighted by atomic mass is 79.9. The molecule has 112 valence electrons. The van der Waals surface area contributed by atoms with Gasteiger partial charge in [-0.25, -0.2) is 0 Å². The molecule has 22 heavy (non-hydrogen) atoms. The summed E-state index contributed by atoms with van der Waals surface area (Å²) in [6.07, 6.45) is 0. The first-order valence-electron chi connectivity index (χ1n) is 6.71. The number of amides is 1. The van der Waals surface area contributed by atoms with Crippen LogP contribution in [0.25, 0.3) is 0 Å². The summed E-state index contributed by atoms with van der Waals surface area (Å²) in [5, 5.41) is 11.7. The summed E-state index contributed by atoms with van der Waals surface area (Å²) < 4.78 is 1.03. The van der Waals surface area contributed by atoms with Gasteiger partial charge in [0.05, 0.1) is 17.4 Å². The number of anilines is 1. The van der Waals surface area contributed by atoms with E-state index < -0.39 is 0 Å². The number of carbonyl (C=O) groups is 1. The average Bonchev–Trinajstić information content (AvgIpc) is 2.51. The van der Waals surface area contributed by atoms with Crippen LogP contribution in [0, 0.1) is 18.3 Å². The van der Waals surface area contributed by atoms with Crippen molar-refractivity contribution in [1.29, 1.82) is 5.26 Å². The number of hydrogen-bond donors (Lipinski definition) is 1. The fourth-order valence-electron chi connectivity index (χ4n) is 1.91. The number of nitrogens with zero attached hydrogens (tertiary/aromatic N) is 1. The number of rotatable bonds is 5. The molecule has 2 aromatic carbocycles. The van der Waals surface area contributed by atoms with E-state index in [2.05, 4.69) is 27.3 Å². The van der Waals surface area contributed by atoms with Crippen molar-refractivity contribution in [2.45, 2.75) is 12.7 Å². The second-order valence-electron chi connectivity index (χ2n) is 4.82. The lowest BCUT2D eigenvalue weighted by Crippen LogP contribution is -2.14. The van der Waals surface area contributed by atoms with Crippen LogP contribution in [-0.2, 0) is 10.5 Å². The van der Waals surface area contributed by atoms with Gasteiger partial charge < -0.3 is 5.32 Å². The summed E-state index contributed by atoms with van der Waals surface area (Å²) in [4.78, 5) is 11.9. The van der Waals surface area contributed by atoms with E-state index in [0.29, 0.717) is 17.1 Å². The number of hydrogen-bond acceptors (Lipinski definition) is 3. The Bertz CT molecular complexity index is 725. The van der Waals surface area contributed by atoms with Crippen LogP contribution in [-0.4, -0.2) is 11.7 Å². The number of benzene rings is 2. The molecule has 0 aromatic heterocycles. The monoisotopic (exact) mass is 374 g/mol. The lowest BCUT2D eigenvalue weighted by Gasteiger charge is -2.07. The van der Waals surface area contributed by atoms with Gasteiger partial charge in [0, 0.05) is 15.9 Å². The van der Waals surface area contributed by atoms with Gasteiger partial charge in [0.25, 0.3) is 0 Å². The number of nitrogens with one attached hydrogen (secondary N) is 1. The van der Waals surface area contributed by atoms with Crippen LogP contribution >= 0.6 is 27.7 Å². The molecule has 0 radical (unpaired) electrons. The van der Waals surface area contributed by atoms with Gasteiger partial charge in [-0.05, 0) is 48.4 Å². The zero-order valence-electron chi connectivity index (χ0n) is 12.1. The largest absolute Gasteiger partial charge is 0.325 e. The predicted octanol–water partition coefficient (Wildman–Crippen LogP) is 4.50. The molecule has 0 saturated heterocycles. The van der Waals surface area contributed by atoms with Crippen LogP contribution in [0.4, 0.5) is 5.69 Å². The van der Waals surface area contributed by atoms with Gasteiger partial charge in [0.1, 0.15) is 0 Å². The number of halogens is 1. The Hall–Kier alpha value is -1.77. The third kappa shape index (κ3) is 4.90. The van der Waals surface area contributed by atoms with Crippen molar-refractivity contribution in [2.75, 3.05) is 11.1 Å². The Kier molecular flexibility index (Phi) is 6.05. The van der Waals surface area contributed by atoms with E-state index in [-0.39, 0.29) is 5.91 Å². The predicted molar refractivity (Wildman–Crippen MR) is 94.8 cm³/mol. The van der Waals surface area contributed by atoms with Crippen LogP contribution in [0.15, 0.2) is 46.9 Å². The Morgan fingerprint density at radius 3 is 2.86 bits per heavy atom. The summed E-state index contributed by atoms with van der Waals surface area (Å²) in [6, 6.07) is 15.3. The fourth-order valence-corrected chi connectivity index (χ4v) is 2.93. The zero-order chi connectivity index (χ0) is 15.9. The van der Waals surface area contributed by atoms with Crippen LogP contribution in [0.5, 0.6) is 0 Å². The number of aryl methyl sites for hydroxylation is 1. The lowest BCUT2D eigenvalue weighted by molar-refractivity contribution is -0.113. The topological polar surface area (TPSA) is 52.9 Å². The van der Waals surface area contributed by atoms with Gasteiger partial charge in [-0.15, -0.1) is 11.8 Å². The van der Waals surface area contributed by atoms with Crippen molar-refractivity contribution in [3.63, 3.8) is 0 Å². The quantitative estimate of drug-likeness (QED) is 0.837. The number of thioether (sulfide) groups is 1. The molecule has 5 heteroatoms. The minimum atomic E-state index is -0.0249. The number of carbonyl (C=O) groups excluding carboxylic acids is 1. The minimum absolute atomic E-state index is 0.0249. The second-order valence-corrected chi connectivity index (χ2v) is 6.66. The molecule has 3 nitrogen and oxygen atoms in total. The molecule has 0 aliphatic carbocycles. The Labute approximate surface area is 142 Å². The molecule has 0 atom stereocenters. The number of nitriles is 1. The van der Waals surface area contributed by atoms with Crippen LogP contribution in [0.3, 0.4) is 0 Å². The summed E-state index contributed by atoms with van der Waals surface area (Å²) in [6.45, 7) is 1.98. The van der Waals surface area contributed by atoms with Crippen molar-refractivity contribution in [1.82, 2.24) is 0 Å². The van der Waals surface area contributed by atoms with Crippen molar-refractivity contribution in [3.05, 3.63) is 63.6 Å².